The molecule has 5 rings (SSSR count). The normalized spacial score (nSPS) is 23.3. The summed E-state index contributed by atoms with van der Waals surface area (Å²) in [6.45, 7) is 6.68. The van der Waals surface area contributed by atoms with Crippen LogP contribution in [-0.4, -0.2) is 64.6 Å². The second-order valence-electron chi connectivity index (χ2n) is 10.2. The highest BCUT2D eigenvalue weighted by Gasteiger charge is 2.50. The third-order valence-electron chi connectivity index (χ3n) is 6.40. The molecule has 0 spiro atoms. The minimum Gasteiger partial charge on any atom is -0.444 e. The molecule has 0 bridgehead atoms. The first-order valence-electron chi connectivity index (χ1n) is 11.6. The Morgan fingerprint density at radius 1 is 1.29 bits per heavy atom. The number of hydrogen-bond donors (Lipinski definition) is 1. The molecule has 2 fully saturated rings. The van der Waals surface area contributed by atoms with Gasteiger partial charge in [0.25, 0.3) is 5.91 Å². The van der Waals surface area contributed by atoms with Crippen LogP contribution in [0.25, 0.3) is 5.69 Å². The number of nitrogens with one attached hydrogen (secondary N) is 1. The average Bonchev–Trinajstić information content (AvgIpc) is 3.27. The molecule has 182 valence electrons. The number of nitrogens with zero attached hydrogens (tertiary/aromatic N) is 3. The van der Waals surface area contributed by atoms with Gasteiger partial charge in [-0.25, -0.2) is 18.3 Å². The van der Waals surface area contributed by atoms with Crippen molar-refractivity contribution in [2.75, 3.05) is 26.2 Å². The molecule has 1 aromatic carbocycles. The van der Waals surface area contributed by atoms with Crippen molar-refractivity contribution in [1.29, 1.82) is 0 Å². The van der Waals surface area contributed by atoms with Crippen molar-refractivity contribution < 1.29 is 27.8 Å². The Hall–Kier alpha value is -3.01. The van der Waals surface area contributed by atoms with Crippen molar-refractivity contribution >= 4 is 12.0 Å². The zero-order chi connectivity index (χ0) is 24.2. The lowest BCUT2D eigenvalue weighted by atomic mass is 10.1. The van der Waals surface area contributed by atoms with Crippen LogP contribution in [0.5, 0.6) is 0 Å². The van der Waals surface area contributed by atoms with Gasteiger partial charge in [-0.15, -0.1) is 0 Å². The summed E-state index contributed by atoms with van der Waals surface area (Å²) in [6, 6.07) is 3.35. The maximum atomic E-state index is 14.5. The van der Waals surface area contributed by atoms with Crippen LogP contribution in [-0.2, 0) is 15.9 Å². The van der Waals surface area contributed by atoms with Crippen molar-refractivity contribution in [3.05, 3.63) is 46.8 Å². The van der Waals surface area contributed by atoms with Gasteiger partial charge in [0.1, 0.15) is 17.1 Å². The fraction of sp³-hybridized carbons (Fsp3) is 0.542. The number of halogens is 2. The molecule has 1 N–H and O–H groups in total. The summed E-state index contributed by atoms with van der Waals surface area (Å²) >= 11 is 0. The highest BCUT2D eigenvalue weighted by atomic mass is 19.1. The highest BCUT2D eigenvalue weighted by molar-refractivity contribution is 5.94. The lowest BCUT2D eigenvalue weighted by Gasteiger charge is -2.34. The number of amides is 2. The van der Waals surface area contributed by atoms with Gasteiger partial charge in [0, 0.05) is 30.6 Å². The van der Waals surface area contributed by atoms with Crippen molar-refractivity contribution in [2.45, 2.75) is 51.2 Å². The number of fused-ring (bicyclic) bond motifs is 3. The minimum absolute atomic E-state index is 0.132. The number of morpholine rings is 1. The van der Waals surface area contributed by atoms with Crippen LogP contribution in [0.4, 0.5) is 13.6 Å². The number of carbonyl (C=O) groups is 2. The van der Waals surface area contributed by atoms with Crippen molar-refractivity contribution in [1.82, 2.24) is 20.0 Å². The predicted molar refractivity (Wildman–Crippen MR) is 118 cm³/mol. The third-order valence-corrected chi connectivity index (χ3v) is 6.40. The van der Waals surface area contributed by atoms with Gasteiger partial charge >= 0.3 is 6.09 Å². The molecule has 2 aliphatic carbocycles. The third kappa shape index (κ3) is 4.38. The number of benzene rings is 1. The van der Waals surface area contributed by atoms with E-state index in [4.69, 9.17) is 9.47 Å². The monoisotopic (exact) mass is 474 g/mol. The molecule has 34 heavy (non-hydrogen) atoms. The molecule has 8 nitrogen and oxygen atoms in total. The quantitative estimate of drug-likeness (QED) is 0.736. The van der Waals surface area contributed by atoms with E-state index in [0.717, 1.165) is 30.2 Å². The zero-order valence-corrected chi connectivity index (χ0v) is 19.4. The number of carbonyl (C=O) groups excluding carboxylic acids is 2. The lowest BCUT2D eigenvalue weighted by Crippen LogP contribution is -2.50. The van der Waals surface area contributed by atoms with E-state index in [-0.39, 0.29) is 35.9 Å². The minimum atomic E-state index is -0.723. The standard InChI is InChI=1S/C24H28F2N4O4/c1-24(2,3)34-23(32)29-6-7-33-15(12-29)11-27-22(31)20-17-9-13-8-16(13)21(17)30(28-20)19-5-4-14(25)10-18(19)26/h4-5,10,13,15-16H,6-9,11-12H2,1-3H3,(H,27,31)/t13-,15?,16-/m1/s1. The number of hydrogen-bond acceptors (Lipinski definition) is 5. The van der Waals surface area contributed by atoms with E-state index in [0.29, 0.717) is 25.6 Å². The second-order valence-corrected chi connectivity index (χ2v) is 10.2. The Morgan fingerprint density at radius 3 is 2.82 bits per heavy atom. The van der Waals surface area contributed by atoms with E-state index >= 15 is 0 Å². The van der Waals surface area contributed by atoms with E-state index in [2.05, 4.69) is 10.4 Å². The van der Waals surface area contributed by atoms with Gasteiger partial charge < -0.3 is 19.7 Å². The van der Waals surface area contributed by atoms with Crippen molar-refractivity contribution in [3.63, 3.8) is 0 Å². The number of aromatic nitrogens is 2. The smallest absolute Gasteiger partial charge is 0.410 e. The molecule has 3 atom stereocenters. The number of ether oxygens (including phenoxy) is 2. The Kier molecular flexibility index (Phi) is 5.58. The summed E-state index contributed by atoms with van der Waals surface area (Å²) in [5.74, 6) is -1.08. The molecule has 1 aromatic heterocycles. The van der Waals surface area contributed by atoms with E-state index in [1.165, 1.54) is 16.8 Å². The Balaban J connectivity index is 1.29. The first kappa shape index (κ1) is 22.8. The van der Waals surface area contributed by atoms with Crippen LogP contribution in [0.2, 0.25) is 0 Å². The molecule has 1 unspecified atom stereocenters. The van der Waals surface area contributed by atoms with E-state index in [1.807, 2.05) is 20.8 Å². The highest BCUT2D eigenvalue weighted by Crippen LogP contribution is 2.57. The van der Waals surface area contributed by atoms with Crippen LogP contribution in [0, 0.1) is 17.6 Å². The molecule has 2 aromatic rings. The van der Waals surface area contributed by atoms with Gasteiger partial charge in [-0.2, -0.15) is 5.10 Å². The molecule has 1 aliphatic heterocycles. The molecule has 3 aliphatic rings. The maximum absolute atomic E-state index is 14.5. The van der Waals surface area contributed by atoms with Crippen LogP contribution >= 0.6 is 0 Å². The van der Waals surface area contributed by atoms with Gasteiger partial charge in [0.15, 0.2) is 11.5 Å². The second kappa shape index (κ2) is 8.33. The van der Waals surface area contributed by atoms with Crippen molar-refractivity contribution in [3.8, 4) is 5.69 Å². The summed E-state index contributed by atoms with van der Waals surface area (Å²) in [5.41, 5.74) is 1.45. The zero-order valence-electron chi connectivity index (χ0n) is 19.4. The van der Waals surface area contributed by atoms with Crippen LogP contribution in [0.15, 0.2) is 18.2 Å². The summed E-state index contributed by atoms with van der Waals surface area (Å²) in [7, 11) is 0. The van der Waals surface area contributed by atoms with Gasteiger partial charge in [0.2, 0.25) is 0 Å². The van der Waals surface area contributed by atoms with Gasteiger partial charge in [-0.3, -0.25) is 4.79 Å². The van der Waals surface area contributed by atoms with Crippen LogP contribution in [0.3, 0.4) is 0 Å². The van der Waals surface area contributed by atoms with E-state index in [9.17, 15) is 18.4 Å². The summed E-state index contributed by atoms with van der Waals surface area (Å²) in [4.78, 5) is 27.0. The molecular weight excluding hydrogens is 446 g/mol. The summed E-state index contributed by atoms with van der Waals surface area (Å²) < 4.78 is 40.5. The van der Waals surface area contributed by atoms with E-state index in [1.54, 1.807) is 4.90 Å². The molecule has 1 saturated carbocycles. The van der Waals surface area contributed by atoms with Crippen molar-refractivity contribution in [2.24, 2.45) is 5.92 Å². The molecule has 2 heterocycles. The average molecular weight is 475 g/mol. The van der Waals surface area contributed by atoms with Gasteiger partial charge in [-0.05, 0) is 51.7 Å². The van der Waals surface area contributed by atoms with Gasteiger partial charge in [0.05, 0.1) is 24.9 Å². The molecule has 2 amide bonds. The molecule has 10 heteroatoms. The Morgan fingerprint density at radius 2 is 2.09 bits per heavy atom. The predicted octanol–water partition coefficient (Wildman–Crippen LogP) is 3.18. The molecule has 1 saturated heterocycles. The number of rotatable bonds is 4. The van der Waals surface area contributed by atoms with E-state index < -0.39 is 23.3 Å². The summed E-state index contributed by atoms with van der Waals surface area (Å²) in [5, 5.41) is 7.29. The first-order chi connectivity index (χ1) is 16.1. The largest absolute Gasteiger partial charge is 0.444 e. The first-order valence-corrected chi connectivity index (χ1v) is 11.6. The Labute approximate surface area is 196 Å². The summed E-state index contributed by atoms with van der Waals surface area (Å²) in [6.07, 6.45) is 0.907. The molecular formula is C24H28F2N4O4. The maximum Gasteiger partial charge on any atom is 0.410 e. The van der Waals surface area contributed by atoms with Gasteiger partial charge in [-0.1, -0.05) is 0 Å². The fourth-order valence-corrected chi connectivity index (χ4v) is 4.76. The topological polar surface area (TPSA) is 85.7 Å². The van der Waals surface area contributed by atoms with Crippen LogP contribution < -0.4 is 5.32 Å². The SMILES string of the molecule is CC(C)(C)OC(=O)N1CCOC(CNC(=O)c2nn(-c3ccc(F)cc3F)c3c2C[C@H]2C[C@@H]32)C1. The lowest BCUT2D eigenvalue weighted by molar-refractivity contribution is -0.0404. The molecule has 0 radical (unpaired) electrons. The Bertz CT molecular complexity index is 1140. The van der Waals surface area contributed by atoms with Crippen LogP contribution in [0.1, 0.15) is 54.9 Å². The fourth-order valence-electron chi connectivity index (χ4n) is 4.76.